The predicted octanol–water partition coefficient (Wildman–Crippen LogP) is 4.83. The normalized spacial score (nSPS) is 14.9. The summed E-state index contributed by atoms with van der Waals surface area (Å²) in [5.41, 5.74) is 1.98. The summed E-state index contributed by atoms with van der Waals surface area (Å²) in [7, 11) is 1.75. The molecule has 0 bridgehead atoms. The number of benzene rings is 2. The molecule has 0 radical (unpaired) electrons. The lowest BCUT2D eigenvalue weighted by Crippen LogP contribution is -2.40. The van der Waals surface area contributed by atoms with Crippen LogP contribution in [0, 0.1) is 12.7 Å². The number of amides is 2. The second-order valence-corrected chi connectivity index (χ2v) is 8.82. The number of halogens is 3. The van der Waals surface area contributed by atoms with Gasteiger partial charge in [0, 0.05) is 20.1 Å². The van der Waals surface area contributed by atoms with Gasteiger partial charge in [0.25, 0.3) is 5.91 Å². The van der Waals surface area contributed by atoms with Gasteiger partial charge in [0.1, 0.15) is 5.82 Å². The van der Waals surface area contributed by atoms with E-state index < -0.39 is 0 Å². The molecule has 1 fully saturated rings. The van der Waals surface area contributed by atoms with Crippen LogP contribution in [0.1, 0.15) is 28.0 Å². The van der Waals surface area contributed by atoms with Crippen molar-refractivity contribution in [1.29, 1.82) is 0 Å². The van der Waals surface area contributed by atoms with Crippen molar-refractivity contribution in [2.45, 2.75) is 25.8 Å². The van der Waals surface area contributed by atoms with Gasteiger partial charge in [0.2, 0.25) is 5.91 Å². The van der Waals surface area contributed by atoms with Crippen molar-refractivity contribution in [2.24, 2.45) is 0 Å². The molecule has 4 rings (SSSR count). The maximum atomic E-state index is 13.0. The summed E-state index contributed by atoms with van der Waals surface area (Å²) >= 11 is 11.2. The van der Waals surface area contributed by atoms with E-state index in [1.165, 1.54) is 18.3 Å². The first kappa shape index (κ1) is 25.6. The molecule has 1 atom stereocenters. The Labute approximate surface area is 208 Å². The van der Waals surface area contributed by atoms with Gasteiger partial charge < -0.3 is 9.80 Å². The van der Waals surface area contributed by atoms with Crippen LogP contribution in [0.15, 0.2) is 60.8 Å². The van der Waals surface area contributed by atoms with Gasteiger partial charge in [-0.05, 0) is 49.2 Å². The minimum Gasteiger partial charge on any atom is -0.341 e. The molecule has 0 saturated carbocycles. The molecule has 1 aliphatic rings. The van der Waals surface area contributed by atoms with Gasteiger partial charge in [-0.3, -0.25) is 9.59 Å². The van der Waals surface area contributed by atoms with Crippen LogP contribution < -0.4 is 0 Å². The molecule has 0 spiro atoms. The zero-order chi connectivity index (χ0) is 24.7. The van der Waals surface area contributed by atoms with E-state index in [4.69, 9.17) is 23.2 Å². The van der Waals surface area contributed by atoms with Crippen molar-refractivity contribution < 1.29 is 14.0 Å². The van der Waals surface area contributed by atoms with Crippen LogP contribution in [0.3, 0.4) is 0 Å². The van der Waals surface area contributed by atoms with E-state index in [1.54, 1.807) is 54.1 Å². The molecule has 1 saturated heterocycles. The fourth-order valence-corrected chi connectivity index (χ4v) is 3.83. The summed E-state index contributed by atoms with van der Waals surface area (Å²) in [6, 6.07) is 14.8. The molecule has 3 aromatic rings. The third-order valence-electron chi connectivity index (χ3n) is 5.51. The van der Waals surface area contributed by atoms with Crippen molar-refractivity contribution >= 4 is 35.0 Å². The minimum absolute atomic E-state index is 0.0252. The second-order valence-electron chi connectivity index (χ2n) is 8.00. The Bertz CT molecular complexity index is 1120. The fraction of sp³-hybridized carbons (Fsp3) is 0.280. The molecule has 1 aliphatic heterocycles. The van der Waals surface area contributed by atoms with Crippen molar-refractivity contribution in [3.63, 3.8) is 0 Å². The zero-order valence-corrected chi connectivity index (χ0v) is 20.4. The van der Waals surface area contributed by atoms with Crippen LogP contribution in [0.25, 0.3) is 0 Å². The number of rotatable bonds is 4. The third-order valence-corrected chi connectivity index (χ3v) is 6.26. The van der Waals surface area contributed by atoms with E-state index in [0.29, 0.717) is 34.4 Å². The quantitative estimate of drug-likeness (QED) is 0.512. The number of hydrogen-bond donors (Lipinski definition) is 0. The van der Waals surface area contributed by atoms with Gasteiger partial charge in [-0.25, -0.2) is 4.39 Å². The van der Waals surface area contributed by atoms with Crippen LogP contribution >= 0.6 is 23.2 Å². The van der Waals surface area contributed by atoms with E-state index in [0.717, 1.165) is 12.0 Å². The number of aryl methyl sites for hydroxylation is 1. The SMILES string of the molecule is Cc1cc(C(=O)N2CCC(N(C)C(=O)Cc3ccc(F)cc3)C2)cnn1.Clc1ccccc1Cl. The molecular formula is C25H25Cl2FN4O2. The van der Waals surface area contributed by atoms with E-state index in [1.807, 2.05) is 12.1 Å². The maximum Gasteiger partial charge on any atom is 0.255 e. The number of likely N-dealkylation sites (tertiary alicyclic amines) is 1. The smallest absolute Gasteiger partial charge is 0.255 e. The highest BCUT2D eigenvalue weighted by atomic mass is 35.5. The van der Waals surface area contributed by atoms with Gasteiger partial charge >= 0.3 is 0 Å². The number of nitrogens with zero attached hydrogens (tertiary/aromatic N) is 4. The lowest BCUT2D eigenvalue weighted by Gasteiger charge is -2.25. The molecule has 0 N–H and O–H groups in total. The topological polar surface area (TPSA) is 66.4 Å². The Morgan fingerprint density at radius 1 is 1.12 bits per heavy atom. The van der Waals surface area contributed by atoms with Crippen molar-refractivity contribution in [2.75, 3.05) is 20.1 Å². The van der Waals surface area contributed by atoms with Crippen LogP contribution in [-0.2, 0) is 11.2 Å². The van der Waals surface area contributed by atoms with Crippen LogP contribution in [0.5, 0.6) is 0 Å². The fourth-order valence-electron chi connectivity index (χ4n) is 3.56. The molecular weight excluding hydrogens is 478 g/mol. The Morgan fingerprint density at radius 3 is 2.35 bits per heavy atom. The standard InChI is InChI=1S/C19H21FN4O2.C6H4Cl2/c1-13-9-15(11-21-22-13)19(26)24-8-7-17(12-24)23(2)18(25)10-14-3-5-16(20)6-4-14;7-5-3-1-2-4-6(5)8/h3-6,9,11,17H,7-8,10,12H2,1-2H3;1-4H. The van der Waals surface area contributed by atoms with Crippen LogP contribution in [0.4, 0.5) is 4.39 Å². The lowest BCUT2D eigenvalue weighted by molar-refractivity contribution is -0.131. The van der Waals surface area contributed by atoms with Crippen molar-refractivity contribution in [3.8, 4) is 0 Å². The van der Waals surface area contributed by atoms with E-state index in [-0.39, 0.29) is 30.1 Å². The number of hydrogen-bond acceptors (Lipinski definition) is 4. The summed E-state index contributed by atoms with van der Waals surface area (Å²) in [6.45, 7) is 2.88. The van der Waals surface area contributed by atoms with E-state index >= 15 is 0 Å². The Hall–Kier alpha value is -3.03. The average Bonchev–Trinajstić information content (AvgIpc) is 3.32. The second kappa shape index (κ2) is 11.9. The Morgan fingerprint density at radius 2 is 1.76 bits per heavy atom. The summed E-state index contributed by atoms with van der Waals surface area (Å²) in [5, 5.41) is 8.90. The van der Waals surface area contributed by atoms with Crippen LogP contribution in [-0.4, -0.2) is 58.0 Å². The molecule has 178 valence electrons. The Kier molecular flexibility index (Phi) is 8.96. The van der Waals surface area contributed by atoms with Gasteiger partial charge in [-0.15, -0.1) is 0 Å². The highest BCUT2D eigenvalue weighted by molar-refractivity contribution is 6.41. The van der Waals surface area contributed by atoms with Crippen molar-refractivity contribution in [3.05, 3.63) is 93.5 Å². The molecule has 2 aromatic carbocycles. The highest BCUT2D eigenvalue weighted by Gasteiger charge is 2.31. The third kappa shape index (κ3) is 6.98. The molecule has 2 amide bonds. The summed E-state index contributed by atoms with van der Waals surface area (Å²) in [5.74, 6) is -0.456. The number of aromatic nitrogens is 2. The first-order valence-electron chi connectivity index (χ1n) is 10.7. The highest BCUT2D eigenvalue weighted by Crippen LogP contribution is 2.20. The number of likely N-dealkylation sites (N-methyl/N-ethyl adjacent to an activating group) is 1. The number of carbonyl (C=O) groups is 2. The zero-order valence-electron chi connectivity index (χ0n) is 18.9. The molecule has 1 aromatic heterocycles. The van der Waals surface area contributed by atoms with Gasteiger partial charge in [0.05, 0.1) is 40.0 Å². The minimum atomic E-state index is -0.319. The van der Waals surface area contributed by atoms with Gasteiger partial charge in [-0.1, -0.05) is 47.5 Å². The predicted molar refractivity (Wildman–Crippen MR) is 130 cm³/mol. The first-order chi connectivity index (χ1) is 16.2. The van der Waals surface area contributed by atoms with E-state index in [9.17, 15) is 14.0 Å². The van der Waals surface area contributed by atoms with Crippen LogP contribution in [0.2, 0.25) is 10.0 Å². The molecule has 0 aliphatic carbocycles. The summed E-state index contributed by atoms with van der Waals surface area (Å²) < 4.78 is 13.0. The molecule has 34 heavy (non-hydrogen) atoms. The molecule has 2 heterocycles. The molecule has 9 heteroatoms. The summed E-state index contributed by atoms with van der Waals surface area (Å²) in [4.78, 5) is 28.5. The van der Waals surface area contributed by atoms with E-state index in [2.05, 4.69) is 10.2 Å². The summed E-state index contributed by atoms with van der Waals surface area (Å²) in [6.07, 6.45) is 2.41. The van der Waals surface area contributed by atoms with Crippen molar-refractivity contribution in [1.82, 2.24) is 20.0 Å². The lowest BCUT2D eigenvalue weighted by atomic mass is 10.1. The largest absolute Gasteiger partial charge is 0.341 e. The number of carbonyl (C=O) groups excluding carboxylic acids is 2. The van der Waals surface area contributed by atoms with Gasteiger partial charge in [0.15, 0.2) is 0 Å². The Balaban J connectivity index is 0.000000343. The maximum absolute atomic E-state index is 13.0. The molecule has 6 nitrogen and oxygen atoms in total. The van der Waals surface area contributed by atoms with Gasteiger partial charge in [-0.2, -0.15) is 10.2 Å². The molecule has 1 unspecified atom stereocenters. The first-order valence-corrected chi connectivity index (χ1v) is 11.5. The monoisotopic (exact) mass is 502 g/mol. The average molecular weight is 503 g/mol.